The van der Waals surface area contributed by atoms with Crippen molar-refractivity contribution in [3.63, 3.8) is 0 Å². The molecule has 0 unspecified atom stereocenters. The summed E-state index contributed by atoms with van der Waals surface area (Å²) in [5, 5.41) is 2.94. The molecule has 2 aliphatic rings. The number of carbonyl (C=O) groups is 2. The van der Waals surface area contributed by atoms with E-state index >= 15 is 0 Å². The Balaban J connectivity index is 1.32. The lowest BCUT2D eigenvalue weighted by Gasteiger charge is -2.36. The largest absolute Gasteiger partial charge is 0.497 e. The van der Waals surface area contributed by atoms with Gasteiger partial charge in [-0.05, 0) is 43.2 Å². The number of carbonyl (C=O) groups excluding carboxylic acids is 2. The number of nitrogens with zero attached hydrogens (tertiary/aromatic N) is 3. The summed E-state index contributed by atoms with van der Waals surface area (Å²) in [6.45, 7) is 3.13. The zero-order chi connectivity index (χ0) is 22.5. The molecule has 2 heterocycles. The average molecular weight is 439 g/mol. The SMILES string of the molecule is COc1ccc(OC)c(CN2CCN(C3CCN(C(=O)Nc4ccccc4)CC3)C2=O)c1. The Morgan fingerprint density at radius 3 is 2.44 bits per heavy atom. The van der Waals surface area contributed by atoms with E-state index < -0.39 is 0 Å². The van der Waals surface area contributed by atoms with Gasteiger partial charge >= 0.3 is 12.1 Å². The van der Waals surface area contributed by atoms with Crippen LogP contribution in [-0.2, 0) is 6.54 Å². The van der Waals surface area contributed by atoms with Crippen LogP contribution in [0.4, 0.5) is 15.3 Å². The van der Waals surface area contributed by atoms with Crippen molar-refractivity contribution in [3.8, 4) is 11.5 Å². The molecule has 8 nitrogen and oxygen atoms in total. The fourth-order valence-electron chi connectivity index (χ4n) is 4.40. The standard InChI is InChI=1S/C24H30N4O4/c1-31-21-8-9-22(32-2)18(16-21)17-27-14-15-28(24(27)30)20-10-12-26(13-11-20)23(29)25-19-6-4-3-5-7-19/h3-9,16,20H,10-15,17H2,1-2H3,(H,25,29). The summed E-state index contributed by atoms with van der Waals surface area (Å²) in [6, 6.07) is 15.2. The normalized spacial score (nSPS) is 16.9. The summed E-state index contributed by atoms with van der Waals surface area (Å²) in [6.07, 6.45) is 1.56. The molecule has 0 aliphatic carbocycles. The number of rotatable bonds is 6. The predicted molar refractivity (Wildman–Crippen MR) is 122 cm³/mol. The monoisotopic (exact) mass is 438 g/mol. The van der Waals surface area contributed by atoms with E-state index in [0.717, 1.165) is 35.6 Å². The number of methoxy groups -OCH3 is 2. The maximum atomic E-state index is 13.1. The van der Waals surface area contributed by atoms with E-state index in [1.807, 2.05) is 63.2 Å². The maximum absolute atomic E-state index is 13.1. The number of para-hydroxylation sites is 1. The van der Waals surface area contributed by atoms with E-state index in [9.17, 15) is 9.59 Å². The van der Waals surface area contributed by atoms with Crippen LogP contribution in [0.1, 0.15) is 18.4 Å². The highest BCUT2D eigenvalue weighted by Crippen LogP contribution is 2.28. The lowest BCUT2D eigenvalue weighted by Crippen LogP contribution is -2.49. The lowest BCUT2D eigenvalue weighted by molar-refractivity contribution is 0.139. The van der Waals surface area contributed by atoms with Gasteiger partial charge in [0.05, 0.1) is 20.8 Å². The van der Waals surface area contributed by atoms with Gasteiger partial charge in [-0.25, -0.2) is 9.59 Å². The van der Waals surface area contributed by atoms with Gasteiger partial charge in [-0.15, -0.1) is 0 Å². The molecule has 2 saturated heterocycles. The molecule has 8 heteroatoms. The summed E-state index contributed by atoms with van der Waals surface area (Å²) < 4.78 is 10.8. The molecule has 0 saturated carbocycles. The molecule has 2 aromatic carbocycles. The molecular weight excluding hydrogens is 408 g/mol. The highest BCUT2D eigenvalue weighted by atomic mass is 16.5. The lowest BCUT2D eigenvalue weighted by atomic mass is 10.0. The van der Waals surface area contributed by atoms with Gasteiger partial charge in [0.2, 0.25) is 0 Å². The molecule has 0 bridgehead atoms. The number of hydrogen-bond acceptors (Lipinski definition) is 4. The first-order valence-electron chi connectivity index (χ1n) is 11.0. The third kappa shape index (κ3) is 4.74. The van der Waals surface area contributed by atoms with Crippen molar-refractivity contribution < 1.29 is 19.1 Å². The number of likely N-dealkylation sites (tertiary alicyclic amines) is 1. The van der Waals surface area contributed by atoms with Crippen LogP contribution < -0.4 is 14.8 Å². The van der Waals surface area contributed by atoms with Gasteiger partial charge in [-0.2, -0.15) is 0 Å². The van der Waals surface area contributed by atoms with E-state index in [0.29, 0.717) is 32.7 Å². The zero-order valence-corrected chi connectivity index (χ0v) is 18.6. The van der Waals surface area contributed by atoms with E-state index in [1.54, 1.807) is 14.2 Å². The highest BCUT2D eigenvalue weighted by Gasteiger charge is 2.36. The number of hydrogen-bond donors (Lipinski definition) is 1. The van der Waals surface area contributed by atoms with Gasteiger partial charge in [0.15, 0.2) is 0 Å². The summed E-state index contributed by atoms with van der Waals surface area (Å²) in [7, 11) is 3.26. The van der Waals surface area contributed by atoms with Crippen LogP contribution in [-0.4, -0.2) is 73.2 Å². The molecule has 1 N–H and O–H groups in total. The Bertz CT molecular complexity index is 944. The molecule has 4 rings (SSSR count). The van der Waals surface area contributed by atoms with Crippen LogP contribution in [0.2, 0.25) is 0 Å². The number of ether oxygens (including phenoxy) is 2. The fourth-order valence-corrected chi connectivity index (χ4v) is 4.40. The Labute approximate surface area is 188 Å². The van der Waals surface area contributed by atoms with Crippen LogP contribution in [0, 0.1) is 0 Å². The quantitative estimate of drug-likeness (QED) is 0.747. The van der Waals surface area contributed by atoms with Crippen molar-refractivity contribution in [1.82, 2.24) is 14.7 Å². The van der Waals surface area contributed by atoms with E-state index in [2.05, 4.69) is 5.32 Å². The molecule has 2 aliphatic heterocycles. The van der Waals surface area contributed by atoms with Crippen LogP contribution in [0.25, 0.3) is 0 Å². The number of anilines is 1. The first-order valence-corrected chi connectivity index (χ1v) is 11.0. The third-order valence-electron chi connectivity index (χ3n) is 6.19. The van der Waals surface area contributed by atoms with E-state index in [4.69, 9.17) is 9.47 Å². The predicted octanol–water partition coefficient (Wildman–Crippen LogP) is 3.64. The van der Waals surface area contributed by atoms with Gasteiger partial charge in [0.25, 0.3) is 0 Å². The van der Waals surface area contributed by atoms with Crippen LogP contribution in [0.5, 0.6) is 11.5 Å². The Morgan fingerprint density at radius 2 is 1.75 bits per heavy atom. The Hall–Kier alpha value is -3.42. The molecule has 32 heavy (non-hydrogen) atoms. The smallest absolute Gasteiger partial charge is 0.321 e. The molecule has 0 atom stereocenters. The van der Waals surface area contributed by atoms with Gasteiger partial charge in [-0.3, -0.25) is 0 Å². The minimum atomic E-state index is -0.0888. The van der Waals surface area contributed by atoms with Crippen molar-refractivity contribution in [3.05, 3.63) is 54.1 Å². The second kappa shape index (κ2) is 9.80. The summed E-state index contributed by atoms with van der Waals surface area (Å²) in [5.41, 5.74) is 1.72. The zero-order valence-electron chi connectivity index (χ0n) is 18.6. The molecule has 2 aromatic rings. The number of benzene rings is 2. The first-order chi connectivity index (χ1) is 15.6. The molecule has 0 radical (unpaired) electrons. The molecule has 4 amide bonds. The molecule has 0 aromatic heterocycles. The number of amides is 4. The van der Waals surface area contributed by atoms with E-state index in [1.165, 1.54) is 0 Å². The summed E-state index contributed by atoms with van der Waals surface area (Å²) in [4.78, 5) is 31.3. The summed E-state index contributed by atoms with van der Waals surface area (Å²) >= 11 is 0. The maximum Gasteiger partial charge on any atom is 0.321 e. The second-order valence-corrected chi connectivity index (χ2v) is 8.09. The fraction of sp³-hybridized carbons (Fsp3) is 0.417. The number of nitrogens with one attached hydrogen (secondary N) is 1. The van der Waals surface area contributed by atoms with Crippen LogP contribution in [0.15, 0.2) is 48.5 Å². The van der Waals surface area contributed by atoms with Gasteiger partial charge in [0.1, 0.15) is 11.5 Å². The molecular formula is C24H30N4O4. The number of urea groups is 2. The Morgan fingerprint density at radius 1 is 1.00 bits per heavy atom. The van der Waals surface area contributed by atoms with E-state index in [-0.39, 0.29) is 18.1 Å². The van der Waals surface area contributed by atoms with Crippen molar-refractivity contribution in [2.24, 2.45) is 0 Å². The van der Waals surface area contributed by atoms with Crippen LogP contribution in [0.3, 0.4) is 0 Å². The third-order valence-corrected chi connectivity index (χ3v) is 6.19. The van der Waals surface area contributed by atoms with Crippen LogP contribution >= 0.6 is 0 Å². The van der Waals surface area contributed by atoms with Gasteiger partial charge in [-0.1, -0.05) is 18.2 Å². The Kier molecular flexibility index (Phi) is 6.68. The summed E-state index contributed by atoms with van der Waals surface area (Å²) in [5.74, 6) is 1.49. The minimum Gasteiger partial charge on any atom is -0.497 e. The van der Waals surface area contributed by atoms with Crippen molar-refractivity contribution >= 4 is 17.7 Å². The highest BCUT2D eigenvalue weighted by molar-refractivity contribution is 5.89. The molecule has 2 fully saturated rings. The van der Waals surface area contributed by atoms with Crippen molar-refractivity contribution in [2.75, 3.05) is 45.7 Å². The second-order valence-electron chi connectivity index (χ2n) is 8.09. The topological polar surface area (TPSA) is 74.4 Å². The number of piperidine rings is 1. The average Bonchev–Trinajstić information content (AvgIpc) is 3.19. The molecule has 0 spiro atoms. The van der Waals surface area contributed by atoms with Crippen molar-refractivity contribution in [2.45, 2.75) is 25.4 Å². The first kappa shape index (κ1) is 21.8. The van der Waals surface area contributed by atoms with Crippen molar-refractivity contribution in [1.29, 1.82) is 0 Å². The molecule has 170 valence electrons. The minimum absolute atomic E-state index is 0.0436. The van der Waals surface area contributed by atoms with Gasteiger partial charge < -0.3 is 29.5 Å². The van der Waals surface area contributed by atoms with Gasteiger partial charge in [0, 0.05) is 43.5 Å².